The molecule has 0 spiro atoms. The average Bonchev–Trinajstić information content (AvgIpc) is 3.22. The molecule has 186 valence electrons. The predicted octanol–water partition coefficient (Wildman–Crippen LogP) is 4.00. The van der Waals surface area contributed by atoms with Gasteiger partial charge in [0.1, 0.15) is 5.82 Å². The van der Waals surface area contributed by atoms with Crippen molar-refractivity contribution in [2.75, 3.05) is 11.6 Å². The third kappa shape index (κ3) is 4.66. The molecular weight excluding hydrogens is 495 g/mol. The maximum absolute atomic E-state index is 14.1. The molecule has 0 unspecified atom stereocenters. The molecule has 1 aromatic heterocycles. The van der Waals surface area contributed by atoms with E-state index in [-0.39, 0.29) is 16.9 Å². The van der Waals surface area contributed by atoms with Gasteiger partial charge < -0.3 is 11.1 Å². The number of nitrogens with zero attached hydrogens (tertiary/aromatic N) is 2. The Morgan fingerprint density at radius 3 is 2.35 bits per heavy atom. The number of rotatable bonds is 6. The molecule has 4 aromatic carbocycles. The summed E-state index contributed by atoms with van der Waals surface area (Å²) in [7, 11) is -3.39. The molecule has 0 atom stereocenters. The van der Waals surface area contributed by atoms with Crippen LogP contribution in [0.4, 0.5) is 10.1 Å². The number of hydrogen-bond donors (Lipinski definition) is 2. The Morgan fingerprint density at radius 2 is 1.68 bits per heavy atom. The molecule has 5 aromatic rings. The van der Waals surface area contributed by atoms with Crippen molar-refractivity contribution in [1.82, 2.24) is 9.78 Å². The Hall–Kier alpha value is -4.57. The molecule has 0 fully saturated rings. The number of carbonyl (C=O) groups excluding carboxylic acids is 2. The number of hydrogen-bond acceptors (Lipinski definition) is 5. The quantitative estimate of drug-likeness (QED) is 0.353. The maximum Gasteiger partial charge on any atom is 0.258 e. The highest BCUT2D eigenvalue weighted by Crippen LogP contribution is 2.32. The highest BCUT2D eigenvalue weighted by atomic mass is 32.2. The standard InChI is InChI=1S/C27H21FN4O4S/c1-37(35,36)19-11-9-18(10-12-19)32-26-21(24(31-32)15-25(29)33)13-7-16-6-8-17(14-22(16)26)30-27(34)20-4-2-3-5-23(20)28/h2-14H,15H2,1H3,(H2,29,33)(H,30,34). The predicted molar refractivity (Wildman–Crippen MR) is 139 cm³/mol. The molecule has 0 aliphatic rings. The number of carbonyl (C=O) groups is 2. The normalized spacial score (nSPS) is 11.6. The maximum atomic E-state index is 14.1. The van der Waals surface area contributed by atoms with Crippen molar-refractivity contribution in [2.45, 2.75) is 11.3 Å². The van der Waals surface area contributed by atoms with Crippen LogP contribution in [0.2, 0.25) is 0 Å². The Bertz CT molecular complexity index is 1810. The zero-order valence-electron chi connectivity index (χ0n) is 19.6. The summed E-state index contributed by atoms with van der Waals surface area (Å²) < 4.78 is 39.5. The highest BCUT2D eigenvalue weighted by Gasteiger charge is 2.18. The van der Waals surface area contributed by atoms with Crippen molar-refractivity contribution < 1.29 is 22.4 Å². The molecular formula is C27H21FN4O4S. The summed E-state index contributed by atoms with van der Waals surface area (Å²) in [5, 5.41) is 9.56. The van der Waals surface area contributed by atoms with Crippen LogP contribution in [0.3, 0.4) is 0 Å². The molecule has 2 amide bonds. The van der Waals surface area contributed by atoms with Gasteiger partial charge in [-0.15, -0.1) is 0 Å². The molecule has 0 aliphatic heterocycles. The Balaban J connectivity index is 1.68. The van der Waals surface area contributed by atoms with Crippen LogP contribution >= 0.6 is 0 Å². The minimum Gasteiger partial charge on any atom is -0.369 e. The fourth-order valence-electron chi connectivity index (χ4n) is 4.23. The first-order valence-electron chi connectivity index (χ1n) is 11.2. The zero-order chi connectivity index (χ0) is 26.3. The largest absolute Gasteiger partial charge is 0.369 e. The van der Waals surface area contributed by atoms with Crippen LogP contribution in [0.5, 0.6) is 0 Å². The first-order valence-corrected chi connectivity index (χ1v) is 13.1. The van der Waals surface area contributed by atoms with Gasteiger partial charge in [-0.3, -0.25) is 9.59 Å². The summed E-state index contributed by atoms with van der Waals surface area (Å²) in [6.45, 7) is 0. The van der Waals surface area contributed by atoms with Gasteiger partial charge in [-0.05, 0) is 53.9 Å². The lowest BCUT2D eigenvalue weighted by molar-refractivity contribution is -0.117. The van der Waals surface area contributed by atoms with Crippen LogP contribution < -0.4 is 11.1 Å². The number of fused-ring (bicyclic) bond motifs is 3. The van der Waals surface area contributed by atoms with E-state index in [1.165, 1.54) is 30.3 Å². The molecule has 3 N–H and O–H groups in total. The summed E-state index contributed by atoms with van der Waals surface area (Å²) in [4.78, 5) is 24.6. The smallest absolute Gasteiger partial charge is 0.258 e. The second-order valence-electron chi connectivity index (χ2n) is 8.60. The van der Waals surface area contributed by atoms with Crippen molar-refractivity contribution in [3.8, 4) is 5.69 Å². The van der Waals surface area contributed by atoms with Gasteiger partial charge in [-0.2, -0.15) is 5.10 Å². The van der Waals surface area contributed by atoms with Gasteiger partial charge in [-0.25, -0.2) is 17.5 Å². The van der Waals surface area contributed by atoms with Crippen LogP contribution in [-0.4, -0.2) is 36.3 Å². The summed E-state index contributed by atoms with van der Waals surface area (Å²) in [5.41, 5.74) is 7.48. The lowest BCUT2D eigenvalue weighted by Crippen LogP contribution is -2.14. The second kappa shape index (κ2) is 9.14. The van der Waals surface area contributed by atoms with Crippen molar-refractivity contribution in [2.24, 2.45) is 5.73 Å². The van der Waals surface area contributed by atoms with Gasteiger partial charge in [-0.1, -0.05) is 30.3 Å². The van der Waals surface area contributed by atoms with Crippen molar-refractivity contribution in [3.05, 3.63) is 95.9 Å². The van der Waals surface area contributed by atoms with E-state index in [2.05, 4.69) is 10.4 Å². The number of aromatic nitrogens is 2. The Kier molecular flexibility index (Phi) is 5.96. The fourth-order valence-corrected chi connectivity index (χ4v) is 4.86. The van der Waals surface area contributed by atoms with Gasteiger partial charge in [0, 0.05) is 22.7 Å². The van der Waals surface area contributed by atoms with Crippen molar-refractivity contribution in [3.63, 3.8) is 0 Å². The van der Waals surface area contributed by atoms with Crippen LogP contribution in [0.15, 0.2) is 83.8 Å². The molecule has 0 aliphatic carbocycles. The van der Waals surface area contributed by atoms with E-state index in [4.69, 9.17) is 5.73 Å². The summed E-state index contributed by atoms with van der Waals surface area (Å²) in [6, 6.07) is 20.9. The third-order valence-corrected chi connectivity index (χ3v) is 7.09. The van der Waals surface area contributed by atoms with Gasteiger partial charge in [0.05, 0.1) is 33.8 Å². The minimum atomic E-state index is -3.39. The monoisotopic (exact) mass is 516 g/mol. The van der Waals surface area contributed by atoms with Crippen LogP contribution in [-0.2, 0) is 21.1 Å². The first kappa shape index (κ1) is 24.1. The third-order valence-electron chi connectivity index (χ3n) is 5.96. The highest BCUT2D eigenvalue weighted by molar-refractivity contribution is 7.90. The second-order valence-corrected chi connectivity index (χ2v) is 10.6. The molecule has 0 bridgehead atoms. The Labute approximate surface area is 211 Å². The number of halogens is 1. The van der Waals surface area contributed by atoms with Crippen LogP contribution in [0.1, 0.15) is 16.1 Å². The molecule has 0 saturated heterocycles. The molecule has 0 saturated carbocycles. The lowest BCUT2D eigenvalue weighted by Gasteiger charge is -2.10. The molecule has 1 heterocycles. The van der Waals surface area contributed by atoms with Gasteiger partial charge in [0.25, 0.3) is 5.91 Å². The summed E-state index contributed by atoms with van der Waals surface area (Å²) in [6.07, 6.45) is 1.03. The molecule has 10 heteroatoms. The van der Waals surface area contributed by atoms with Gasteiger partial charge in [0.2, 0.25) is 5.91 Å². The SMILES string of the molecule is CS(=O)(=O)c1ccc(-n2nc(CC(N)=O)c3ccc4ccc(NC(=O)c5ccccc5F)cc4c32)cc1. The van der Waals surface area contributed by atoms with E-state index in [1.807, 2.05) is 18.2 Å². The minimum absolute atomic E-state index is 0.0828. The van der Waals surface area contributed by atoms with E-state index in [9.17, 15) is 22.4 Å². The zero-order valence-corrected chi connectivity index (χ0v) is 20.4. The molecule has 8 nitrogen and oxygen atoms in total. The summed E-state index contributed by atoms with van der Waals surface area (Å²) in [5.74, 6) is -1.77. The van der Waals surface area contributed by atoms with E-state index >= 15 is 0 Å². The van der Waals surface area contributed by atoms with Crippen molar-refractivity contribution >= 4 is 49.0 Å². The topological polar surface area (TPSA) is 124 Å². The Morgan fingerprint density at radius 1 is 0.973 bits per heavy atom. The van der Waals surface area contributed by atoms with E-state index in [1.54, 1.807) is 35.0 Å². The number of sulfone groups is 1. The number of primary amides is 1. The number of nitrogens with one attached hydrogen (secondary N) is 1. The average molecular weight is 517 g/mol. The van der Waals surface area contributed by atoms with Crippen LogP contribution in [0, 0.1) is 5.82 Å². The number of nitrogens with two attached hydrogens (primary N) is 1. The number of benzene rings is 4. The van der Waals surface area contributed by atoms with Crippen LogP contribution in [0.25, 0.3) is 27.4 Å². The van der Waals surface area contributed by atoms with Crippen molar-refractivity contribution in [1.29, 1.82) is 0 Å². The van der Waals surface area contributed by atoms with Gasteiger partial charge >= 0.3 is 0 Å². The molecule has 5 rings (SSSR count). The van der Waals surface area contributed by atoms with E-state index in [0.29, 0.717) is 33.4 Å². The number of amides is 2. The number of anilines is 1. The molecule has 0 radical (unpaired) electrons. The van der Waals surface area contributed by atoms with E-state index in [0.717, 1.165) is 11.6 Å². The van der Waals surface area contributed by atoms with E-state index < -0.39 is 27.5 Å². The fraction of sp³-hybridized carbons (Fsp3) is 0.0741. The summed E-state index contributed by atoms with van der Waals surface area (Å²) >= 11 is 0. The molecule has 37 heavy (non-hydrogen) atoms. The lowest BCUT2D eigenvalue weighted by atomic mass is 10.0. The van der Waals surface area contributed by atoms with Gasteiger partial charge in [0.15, 0.2) is 9.84 Å². The first-order chi connectivity index (χ1) is 17.6.